The van der Waals surface area contributed by atoms with Crippen LogP contribution in [-0.4, -0.2) is 45.7 Å². The molecule has 0 N–H and O–H groups in total. The van der Waals surface area contributed by atoms with Crippen LogP contribution in [0, 0.1) is 0 Å². The summed E-state index contributed by atoms with van der Waals surface area (Å²) in [7, 11) is -1.67. The monoisotopic (exact) mass is 388 g/mol. The topological polar surface area (TPSA) is 66.9 Å². The highest BCUT2D eigenvalue weighted by molar-refractivity contribution is 7.92. The third kappa shape index (κ3) is 4.08. The quantitative estimate of drug-likeness (QED) is 0.763. The lowest BCUT2D eigenvalue weighted by Crippen LogP contribution is -2.30. The van der Waals surface area contributed by atoms with Gasteiger partial charge in [-0.2, -0.15) is 0 Å². The number of ether oxygens (including phenoxy) is 1. The van der Waals surface area contributed by atoms with Gasteiger partial charge in [0.1, 0.15) is 5.75 Å². The molecular weight excluding hydrogens is 364 g/mol. The lowest BCUT2D eigenvalue weighted by Gasteiger charge is -2.22. The summed E-state index contributed by atoms with van der Waals surface area (Å²) in [4.78, 5) is 14.7. The Bertz CT molecular complexity index is 939. The molecule has 1 amide bonds. The molecule has 2 aromatic carbocycles. The number of carbonyl (C=O) groups excluding carboxylic acids is 1. The maximum absolute atomic E-state index is 13.0. The molecule has 0 radical (unpaired) electrons. The van der Waals surface area contributed by atoms with Crippen molar-refractivity contribution in [3.63, 3.8) is 0 Å². The Kier molecular flexibility index (Phi) is 5.41. The summed E-state index contributed by atoms with van der Waals surface area (Å²) < 4.78 is 30.3. The molecular formula is C20H24N2O4S. The summed E-state index contributed by atoms with van der Waals surface area (Å²) in [5.41, 5.74) is 3.17. The Morgan fingerprint density at radius 3 is 2.48 bits per heavy atom. The Labute approximate surface area is 160 Å². The average molecular weight is 388 g/mol. The van der Waals surface area contributed by atoms with Gasteiger partial charge in [0.2, 0.25) is 10.0 Å². The smallest absolute Gasteiger partial charge is 0.254 e. The van der Waals surface area contributed by atoms with Crippen LogP contribution in [0.15, 0.2) is 42.5 Å². The molecule has 1 heterocycles. The minimum absolute atomic E-state index is 0.0612. The number of hydrogen-bond donors (Lipinski definition) is 0. The van der Waals surface area contributed by atoms with Crippen LogP contribution in [0.5, 0.6) is 5.75 Å². The van der Waals surface area contributed by atoms with Gasteiger partial charge in [0.15, 0.2) is 0 Å². The van der Waals surface area contributed by atoms with Crippen molar-refractivity contribution in [2.75, 3.05) is 30.8 Å². The first kappa shape index (κ1) is 19.2. The SMILES string of the molecule is CCN(Cc1ccc(OC)cc1)C(=O)c1ccc2c(c1)CCN2S(C)(=O)=O. The minimum atomic E-state index is -3.29. The van der Waals surface area contributed by atoms with E-state index >= 15 is 0 Å². The van der Waals surface area contributed by atoms with Crippen LogP contribution in [0.4, 0.5) is 5.69 Å². The molecule has 3 rings (SSSR count). The van der Waals surface area contributed by atoms with E-state index < -0.39 is 10.0 Å². The molecule has 0 unspecified atom stereocenters. The number of amides is 1. The molecule has 6 nitrogen and oxygen atoms in total. The van der Waals surface area contributed by atoms with Crippen molar-refractivity contribution in [3.8, 4) is 5.75 Å². The predicted molar refractivity (Wildman–Crippen MR) is 106 cm³/mol. The molecule has 0 atom stereocenters. The van der Waals surface area contributed by atoms with E-state index in [0.717, 1.165) is 16.9 Å². The number of anilines is 1. The zero-order valence-corrected chi connectivity index (χ0v) is 16.6. The first-order chi connectivity index (χ1) is 12.8. The van der Waals surface area contributed by atoms with Crippen molar-refractivity contribution in [3.05, 3.63) is 59.2 Å². The Morgan fingerprint density at radius 2 is 1.89 bits per heavy atom. The van der Waals surface area contributed by atoms with Crippen molar-refractivity contribution < 1.29 is 17.9 Å². The average Bonchev–Trinajstić information content (AvgIpc) is 3.09. The van der Waals surface area contributed by atoms with Crippen LogP contribution in [0.1, 0.15) is 28.4 Å². The third-order valence-corrected chi connectivity index (χ3v) is 5.96. The number of methoxy groups -OCH3 is 1. The molecule has 0 spiro atoms. The summed E-state index contributed by atoms with van der Waals surface area (Å²) in [5, 5.41) is 0. The van der Waals surface area contributed by atoms with Crippen LogP contribution >= 0.6 is 0 Å². The van der Waals surface area contributed by atoms with Gasteiger partial charge in [0, 0.05) is 25.2 Å². The summed E-state index contributed by atoms with van der Waals surface area (Å²) in [5.74, 6) is 0.719. The van der Waals surface area contributed by atoms with Gasteiger partial charge in [-0.05, 0) is 54.8 Å². The van der Waals surface area contributed by atoms with Gasteiger partial charge < -0.3 is 9.64 Å². The molecule has 0 saturated carbocycles. The van der Waals surface area contributed by atoms with E-state index in [0.29, 0.717) is 37.3 Å². The maximum Gasteiger partial charge on any atom is 0.254 e. The van der Waals surface area contributed by atoms with Crippen LogP contribution in [-0.2, 0) is 23.0 Å². The number of rotatable bonds is 6. The highest BCUT2D eigenvalue weighted by atomic mass is 32.2. The first-order valence-electron chi connectivity index (χ1n) is 8.86. The molecule has 0 aliphatic carbocycles. The van der Waals surface area contributed by atoms with Gasteiger partial charge in [0.05, 0.1) is 19.1 Å². The minimum Gasteiger partial charge on any atom is -0.497 e. The Hall–Kier alpha value is -2.54. The summed E-state index contributed by atoms with van der Waals surface area (Å²) in [6.07, 6.45) is 1.82. The van der Waals surface area contributed by atoms with Gasteiger partial charge in [-0.15, -0.1) is 0 Å². The largest absolute Gasteiger partial charge is 0.497 e. The summed E-state index contributed by atoms with van der Waals surface area (Å²) >= 11 is 0. The fraction of sp³-hybridized carbons (Fsp3) is 0.350. The normalized spacial score (nSPS) is 13.4. The zero-order chi connectivity index (χ0) is 19.6. The molecule has 1 aliphatic heterocycles. The van der Waals surface area contributed by atoms with Crippen LogP contribution in [0.25, 0.3) is 0 Å². The van der Waals surface area contributed by atoms with Crippen molar-refractivity contribution >= 4 is 21.6 Å². The van der Waals surface area contributed by atoms with Crippen LogP contribution in [0.2, 0.25) is 0 Å². The highest BCUT2D eigenvalue weighted by Gasteiger charge is 2.27. The molecule has 1 aliphatic rings. The molecule has 0 saturated heterocycles. The maximum atomic E-state index is 13.0. The van der Waals surface area contributed by atoms with Gasteiger partial charge >= 0.3 is 0 Å². The molecule has 144 valence electrons. The second-order valence-electron chi connectivity index (χ2n) is 6.60. The van der Waals surface area contributed by atoms with Gasteiger partial charge in [-0.1, -0.05) is 12.1 Å². The lowest BCUT2D eigenvalue weighted by molar-refractivity contribution is 0.0752. The highest BCUT2D eigenvalue weighted by Crippen LogP contribution is 2.31. The van der Waals surface area contributed by atoms with E-state index in [4.69, 9.17) is 4.74 Å². The molecule has 0 bridgehead atoms. The molecule has 2 aromatic rings. The van der Waals surface area contributed by atoms with Crippen molar-refractivity contribution in [2.24, 2.45) is 0 Å². The summed E-state index contributed by atoms with van der Waals surface area (Å²) in [6.45, 7) is 3.46. The third-order valence-electron chi connectivity index (χ3n) is 4.78. The molecule has 0 fully saturated rings. The van der Waals surface area contributed by atoms with E-state index in [1.807, 2.05) is 37.3 Å². The lowest BCUT2D eigenvalue weighted by atomic mass is 10.1. The second-order valence-corrected chi connectivity index (χ2v) is 8.50. The van der Waals surface area contributed by atoms with Crippen molar-refractivity contribution in [2.45, 2.75) is 19.9 Å². The fourth-order valence-corrected chi connectivity index (χ4v) is 4.27. The fourth-order valence-electron chi connectivity index (χ4n) is 3.31. The van der Waals surface area contributed by atoms with E-state index in [-0.39, 0.29) is 5.91 Å². The van der Waals surface area contributed by atoms with Crippen molar-refractivity contribution in [1.82, 2.24) is 4.90 Å². The second kappa shape index (κ2) is 7.60. The molecule has 27 heavy (non-hydrogen) atoms. The number of carbonyl (C=O) groups is 1. The number of fused-ring (bicyclic) bond motifs is 1. The number of nitrogens with zero attached hydrogens (tertiary/aromatic N) is 2. The standard InChI is InChI=1S/C20H24N2O4S/c1-4-21(14-15-5-8-18(26-2)9-6-15)20(23)17-7-10-19-16(13-17)11-12-22(19)27(3,24)25/h5-10,13H,4,11-12,14H2,1-3H3. The van der Waals surface area contributed by atoms with Crippen molar-refractivity contribution in [1.29, 1.82) is 0 Å². The Balaban J connectivity index is 1.79. The van der Waals surface area contributed by atoms with Crippen LogP contribution < -0.4 is 9.04 Å². The Morgan fingerprint density at radius 1 is 1.19 bits per heavy atom. The van der Waals surface area contributed by atoms with E-state index in [9.17, 15) is 13.2 Å². The molecule has 7 heteroatoms. The predicted octanol–water partition coefficient (Wildman–Crippen LogP) is 2.68. The zero-order valence-electron chi connectivity index (χ0n) is 15.8. The number of hydrogen-bond acceptors (Lipinski definition) is 4. The van der Waals surface area contributed by atoms with E-state index in [2.05, 4.69) is 0 Å². The van der Waals surface area contributed by atoms with E-state index in [1.54, 1.807) is 24.1 Å². The van der Waals surface area contributed by atoms with Gasteiger partial charge in [0.25, 0.3) is 5.91 Å². The van der Waals surface area contributed by atoms with Crippen LogP contribution in [0.3, 0.4) is 0 Å². The van der Waals surface area contributed by atoms with E-state index in [1.165, 1.54) is 10.6 Å². The van der Waals surface area contributed by atoms with Gasteiger partial charge in [-0.25, -0.2) is 8.42 Å². The van der Waals surface area contributed by atoms with Gasteiger partial charge in [-0.3, -0.25) is 9.10 Å². The first-order valence-corrected chi connectivity index (χ1v) is 10.7. The number of benzene rings is 2. The number of sulfonamides is 1. The summed E-state index contributed by atoms with van der Waals surface area (Å²) in [6, 6.07) is 12.9. The molecule has 0 aromatic heterocycles.